The average molecular weight is 390 g/mol. The first-order chi connectivity index (χ1) is 14.2. The maximum atomic E-state index is 12.5. The van der Waals surface area contributed by atoms with E-state index in [1.54, 1.807) is 29.4 Å². The molecule has 0 aromatic carbocycles. The molecule has 0 atom stereocenters. The fourth-order valence-corrected chi connectivity index (χ4v) is 4.48. The van der Waals surface area contributed by atoms with E-state index in [4.69, 9.17) is 5.10 Å². The molecular weight excluding hydrogens is 364 g/mol. The molecule has 0 amide bonds. The van der Waals surface area contributed by atoms with E-state index >= 15 is 0 Å². The summed E-state index contributed by atoms with van der Waals surface area (Å²) in [5, 5.41) is 4.73. The molecule has 29 heavy (non-hydrogen) atoms. The average Bonchev–Trinajstić information content (AvgIpc) is 3.33. The molecule has 3 aromatic rings. The molecular formula is C22H26N6O. The number of piperidine rings is 1. The Balaban J connectivity index is 1.17. The van der Waals surface area contributed by atoms with Crippen LogP contribution in [0, 0.1) is 5.92 Å². The van der Waals surface area contributed by atoms with Crippen molar-refractivity contribution in [2.24, 2.45) is 5.92 Å². The Hall–Kier alpha value is -2.80. The van der Waals surface area contributed by atoms with E-state index in [-0.39, 0.29) is 5.56 Å². The van der Waals surface area contributed by atoms with Gasteiger partial charge in [0.1, 0.15) is 0 Å². The number of aryl methyl sites for hydroxylation is 2. The number of pyridine rings is 1. The highest BCUT2D eigenvalue weighted by atomic mass is 16.1. The van der Waals surface area contributed by atoms with Crippen LogP contribution < -0.4 is 5.56 Å². The van der Waals surface area contributed by atoms with E-state index in [0.717, 1.165) is 57.5 Å². The second kappa shape index (κ2) is 7.91. The predicted molar refractivity (Wildman–Crippen MR) is 110 cm³/mol. The monoisotopic (exact) mass is 390 g/mol. The summed E-state index contributed by atoms with van der Waals surface area (Å²) in [6, 6.07) is 7.64. The predicted octanol–water partition coefficient (Wildman–Crippen LogP) is 2.36. The Morgan fingerprint density at radius 2 is 1.90 bits per heavy atom. The van der Waals surface area contributed by atoms with Crippen molar-refractivity contribution >= 4 is 0 Å². The van der Waals surface area contributed by atoms with Crippen molar-refractivity contribution in [2.45, 2.75) is 45.3 Å². The standard InChI is InChI=1S/C22H26N6O/c29-22-13-21(18-3-7-23-8-4-18)24-16-27(22)14-17-5-10-26(11-6-17)15-19-12-20-2-1-9-28(20)25-19/h3-4,7-8,12-13,16-17H,1-2,5-6,9-11,14-15H2. The van der Waals surface area contributed by atoms with Crippen LogP contribution in [0.2, 0.25) is 0 Å². The van der Waals surface area contributed by atoms with Gasteiger partial charge < -0.3 is 0 Å². The van der Waals surface area contributed by atoms with E-state index < -0.39 is 0 Å². The van der Waals surface area contributed by atoms with Crippen molar-refractivity contribution in [3.05, 3.63) is 64.7 Å². The first-order valence-electron chi connectivity index (χ1n) is 10.5. The number of hydrogen-bond acceptors (Lipinski definition) is 5. The lowest BCUT2D eigenvalue weighted by molar-refractivity contribution is 0.164. The maximum Gasteiger partial charge on any atom is 0.253 e. The van der Waals surface area contributed by atoms with Gasteiger partial charge in [-0.05, 0) is 62.9 Å². The van der Waals surface area contributed by atoms with E-state index in [1.165, 1.54) is 17.8 Å². The molecule has 0 unspecified atom stereocenters. The minimum absolute atomic E-state index is 0.0155. The SMILES string of the molecule is O=c1cc(-c2ccncc2)ncn1CC1CCN(Cc2cc3n(n2)CCC3)CC1. The Morgan fingerprint density at radius 3 is 2.66 bits per heavy atom. The van der Waals surface area contributed by atoms with Crippen molar-refractivity contribution in [1.29, 1.82) is 0 Å². The Bertz CT molecular complexity index is 1010. The highest BCUT2D eigenvalue weighted by Gasteiger charge is 2.22. The van der Waals surface area contributed by atoms with Gasteiger partial charge >= 0.3 is 0 Å². The third-order valence-corrected chi connectivity index (χ3v) is 6.12. The fraction of sp³-hybridized carbons (Fsp3) is 0.455. The molecule has 7 heteroatoms. The molecule has 150 valence electrons. The lowest BCUT2D eigenvalue weighted by atomic mass is 9.96. The topological polar surface area (TPSA) is 68.8 Å². The summed E-state index contributed by atoms with van der Waals surface area (Å²) in [6.45, 7) is 4.87. The van der Waals surface area contributed by atoms with Crippen LogP contribution in [0.25, 0.3) is 11.3 Å². The maximum absolute atomic E-state index is 12.5. The van der Waals surface area contributed by atoms with E-state index in [0.29, 0.717) is 11.6 Å². The van der Waals surface area contributed by atoms with Gasteiger partial charge in [0.15, 0.2) is 0 Å². The second-order valence-electron chi connectivity index (χ2n) is 8.17. The highest BCUT2D eigenvalue weighted by Crippen LogP contribution is 2.22. The molecule has 0 radical (unpaired) electrons. The van der Waals surface area contributed by atoms with Gasteiger partial charge in [-0.3, -0.25) is 23.9 Å². The van der Waals surface area contributed by atoms with Crippen LogP contribution in [0.4, 0.5) is 0 Å². The zero-order valence-electron chi connectivity index (χ0n) is 16.6. The van der Waals surface area contributed by atoms with Gasteiger partial charge in [-0.25, -0.2) is 4.98 Å². The molecule has 5 heterocycles. The fourth-order valence-electron chi connectivity index (χ4n) is 4.48. The molecule has 0 N–H and O–H groups in total. The highest BCUT2D eigenvalue weighted by molar-refractivity contribution is 5.57. The molecule has 1 fully saturated rings. The summed E-state index contributed by atoms with van der Waals surface area (Å²) in [4.78, 5) is 23.5. The van der Waals surface area contributed by atoms with Gasteiger partial charge in [0, 0.05) is 49.4 Å². The van der Waals surface area contributed by atoms with Crippen LogP contribution in [0.5, 0.6) is 0 Å². The van der Waals surface area contributed by atoms with Crippen molar-refractivity contribution in [3.63, 3.8) is 0 Å². The summed E-state index contributed by atoms with van der Waals surface area (Å²) in [5.74, 6) is 0.518. The third-order valence-electron chi connectivity index (χ3n) is 6.12. The molecule has 2 aliphatic rings. The number of fused-ring (bicyclic) bond motifs is 1. The Labute approximate surface area is 170 Å². The molecule has 3 aromatic heterocycles. The lowest BCUT2D eigenvalue weighted by Crippen LogP contribution is -2.36. The van der Waals surface area contributed by atoms with Gasteiger partial charge in [0.2, 0.25) is 0 Å². The van der Waals surface area contributed by atoms with E-state index in [1.807, 2.05) is 12.1 Å². The zero-order valence-corrected chi connectivity index (χ0v) is 16.6. The zero-order chi connectivity index (χ0) is 19.6. The second-order valence-corrected chi connectivity index (χ2v) is 8.17. The van der Waals surface area contributed by atoms with E-state index in [9.17, 15) is 4.79 Å². The molecule has 0 bridgehead atoms. The van der Waals surface area contributed by atoms with Gasteiger partial charge in [-0.2, -0.15) is 5.10 Å². The number of rotatable bonds is 5. The van der Waals surface area contributed by atoms with Crippen LogP contribution in [0.3, 0.4) is 0 Å². The van der Waals surface area contributed by atoms with Crippen molar-refractivity contribution in [2.75, 3.05) is 13.1 Å². The van der Waals surface area contributed by atoms with Gasteiger partial charge in [-0.15, -0.1) is 0 Å². The van der Waals surface area contributed by atoms with Crippen LogP contribution in [-0.4, -0.2) is 42.3 Å². The smallest absolute Gasteiger partial charge is 0.253 e. The minimum Gasteiger partial charge on any atom is -0.299 e. The lowest BCUT2D eigenvalue weighted by Gasteiger charge is -2.31. The first-order valence-corrected chi connectivity index (χ1v) is 10.5. The van der Waals surface area contributed by atoms with Crippen LogP contribution in [-0.2, 0) is 26.1 Å². The molecule has 7 nitrogen and oxygen atoms in total. The van der Waals surface area contributed by atoms with Crippen LogP contribution in [0.1, 0.15) is 30.7 Å². The molecule has 0 aliphatic carbocycles. The quantitative estimate of drug-likeness (QED) is 0.669. The molecule has 0 spiro atoms. The van der Waals surface area contributed by atoms with E-state index in [2.05, 4.69) is 25.6 Å². The summed E-state index contributed by atoms with van der Waals surface area (Å²) in [5.41, 5.74) is 4.22. The van der Waals surface area contributed by atoms with Crippen molar-refractivity contribution in [1.82, 2.24) is 29.2 Å². The van der Waals surface area contributed by atoms with Crippen molar-refractivity contribution < 1.29 is 0 Å². The largest absolute Gasteiger partial charge is 0.299 e. The van der Waals surface area contributed by atoms with Gasteiger partial charge in [0.25, 0.3) is 5.56 Å². The number of aromatic nitrogens is 5. The third kappa shape index (κ3) is 4.00. The van der Waals surface area contributed by atoms with Crippen LogP contribution >= 0.6 is 0 Å². The molecule has 0 saturated carbocycles. The normalized spacial score (nSPS) is 17.5. The summed E-state index contributed by atoms with van der Waals surface area (Å²) < 4.78 is 3.92. The number of nitrogens with zero attached hydrogens (tertiary/aromatic N) is 6. The first kappa shape index (κ1) is 18.2. The van der Waals surface area contributed by atoms with Gasteiger partial charge in [0.05, 0.1) is 17.7 Å². The summed E-state index contributed by atoms with van der Waals surface area (Å²) in [6.07, 6.45) is 9.72. The van der Waals surface area contributed by atoms with Crippen molar-refractivity contribution in [3.8, 4) is 11.3 Å². The van der Waals surface area contributed by atoms with Crippen LogP contribution in [0.15, 0.2) is 47.8 Å². The number of likely N-dealkylation sites (tertiary alicyclic amines) is 1. The molecule has 5 rings (SSSR count). The van der Waals surface area contributed by atoms with Gasteiger partial charge in [-0.1, -0.05) is 0 Å². The Kier molecular flexibility index (Phi) is 4.97. The molecule has 1 saturated heterocycles. The molecule has 2 aliphatic heterocycles. The Morgan fingerprint density at radius 1 is 1.07 bits per heavy atom. The summed E-state index contributed by atoms with van der Waals surface area (Å²) in [7, 11) is 0. The number of hydrogen-bond donors (Lipinski definition) is 0. The minimum atomic E-state index is 0.0155. The summed E-state index contributed by atoms with van der Waals surface area (Å²) >= 11 is 0.